The standard InChI is InChI=1S/C15H26N2O2/c1-12(2)11-19-15-6-5-13(10-14(15)16)4-3-7-17-8-9-18/h5-6,10,12,17-18H,3-4,7-9,11,16H2,1-2H3. The Kier molecular flexibility index (Phi) is 7.30. The molecule has 0 aliphatic heterocycles. The number of aliphatic hydroxyl groups excluding tert-OH is 1. The van der Waals surface area contributed by atoms with Crippen LogP contribution in [0, 0.1) is 5.92 Å². The largest absolute Gasteiger partial charge is 0.491 e. The fraction of sp³-hybridized carbons (Fsp3) is 0.600. The van der Waals surface area contributed by atoms with E-state index in [0.717, 1.165) is 25.1 Å². The summed E-state index contributed by atoms with van der Waals surface area (Å²) in [6.45, 7) is 6.67. The van der Waals surface area contributed by atoms with E-state index in [2.05, 4.69) is 25.2 Å². The van der Waals surface area contributed by atoms with Crippen LogP contribution < -0.4 is 15.8 Å². The van der Waals surface area contributed by atoms with Crippen LogP contribution in [0.1, 0.15) is 25.8 Å². The lowest BCUT2D eigenvalue weighted by Gasteiger charge is -2.12. The van der Waals surface area contributed by atoms with Gasteiger partial charge in [-0.25, -0.2) is 0 Å². The summed E-state index contributed by atoms with van der Waals surface area (Å²) < 4.78 is 5.65. The minimum Gasteiger partial charge on any atom is -0.491 e. The molecule has 1 aromatic carbocycles. The van der Waals surface area contributed by atoms with Crippen LogP contribution in [0.2, 0.25) is 0 Å². The lowest BCUT2D eigenvalue weighted by Crippen LogP contribution is -2.19. The summed E-state index contributed by atoms with van der Waals surface area (Å²) in [5, 5.41) is 11.8. The Morgan fingerprint density at radius 3 is 2.74 bits per heavy atom. The molecule has 0 heterocycles. The molecule has 4 heteroatoms. The number of rotatable bonds is 9. The van der Waals surface area contributed by atoms with Crippen LogP contribution in [0.15, 0.2) is 18.2 Å². The summed E-state index contributed by atoms with van der Waals surface area (Å²) >= 11 is 0. The maximum Gasteiger partial charge on any atom is 0.142 e. The van der Waals surface area contributed by atoms with Crippen molar-refractivity contribution >= 4 is 5.69 Å². The number of aliphatic hydroxyl groups is 1. The molecule has 1 aromatic rings. The maximum absolute atomic E-state index is 8.65. The van der Waals surface area contributed by atoms with E-state index in [1.165, 1.54) is 5.56 Å². The van der Waals surface area contributed by atoms with Gasteiger partial charge in [-0.2, -0.15) is 0 Å². The van der Waals surface area contributed by atoms with Crippen molar-refractivity contribution in [2.45, 2.75) is 26.7 Å². The molecule has 4 nitrogen and oxygen atoms in total. The highest BCUT2D eigenvalue weighted by molar-refractivity contribution is 5.54. The molecule has 0 aliphatic rings. The molecule has 0 spiro atoms. The van der Waals surface area contributed by atoms with Gasteiger partial charge >= 0.3 is 0 Å². The van der Waals surface area contributed by atoms with E-state index in [0.29, 0.717) is 24.8 Å². The zero-order chi connectivity index (χ0) is 14.1. The number of nitrogens with two attached hydrogens (primary N) is 1. The summed E-state index contributed by atoms with van der Waals surface area (Å²) in [7, 11) is 0. The first-order chi connectivity index (χ1) is 9.13. The molecule has 0 unspecified atom stereocenters. The first kappa shape index (κ1) is 15.8. The normalized spacial score (nSPS) is 10.9. The molecule has 19 heavy (non-hydrogen) atoms. The van der Waals surface area contributed by atoms with Crippen molar-refractivity contribution in [2.24, 2.45) is 5.92 Å². The second-order valence-electron chi connectivity index (χ2n) is 5.15. The minimum atomic E-state index is 0.189. The summed E-state index contributed by atoms with van der Waals surface area (Å²) in [4.78, 5) is 0. The van der Waals surface area contributed by atoms with Crippen molar-refractivity contribution in [1.82, 2.24) is 5.32 Å². The Morgan fingerprint density at radius 2 is 2.11 bits per heavy atom. The van der Waals surface area contributed by atoms with Crippen LogP contribution in [0.4, 0.5) is 5.69 Å². The molecule has 0 atom stereocenters. The van der Waals surface area contributed by atoms with Crippen molar-refractivity contribution in [3.8, 4) is 5.75 Å². The zero-order valence-corrected chi connectivity index (χ0v) is 12.0. The summed E-state index contributed by atoms with van der Waals surface area (Å²) in [6, 6.07) is 6.01. The number of nitrogen functional groups attached to an aromatic ring is 1. The van der Waals surface area contributed by atoms with Gasteiger partial charge in [-0.3, -0.25) is 0 Å². The highest BCUT2D eigenvalue weighted by Crippen LogP contribution is 2.23. The van der Waals surface area contributed by atoms with Crippen LogP contribution in [0.5, 0.6) is 5.75 Å². The van der Waals surface area contributed by atoms with Gasteiger partial charge in [0.05, 0.1) is 18.9 Å². The first-order valence-corrected chi connectivity index (χ1v) is 6.96. The van der Waals surface area contributed by atoms with Gasteiger partial charge in [-0.1, -0.05) is 19.9 Å². The molecular weight excluding hydrogens is 240 g/mol. The maximum atomic E-state index is 8.65. The van der Waals surface area contributed by atoms with Gasteiger partial charge in [0.2, 0.25) is 0 Å². The second-order valence-corrected chi connectivity index (χ2v) is 5.15. The SMILES string of the molecule is CC(C)COc1ccc(CCCNCCO)cc1N. The Bertz CT molecular complexity index is 367. The van der Waals surface area contributed by atoms with Gasteiger partial charge < -0.3 is 20.9 Å². The average Bonchev–Trinajstić information content (AvgIpc) is 2.37. The van der Waals surface area contributed by atoms with Gasteiger partial charge in [-0.05, 0) is 43.0 Å². The number of aryl methyl sites for hydroxylation is 1. The van der Waals surface area contributed by atoms with E-state index in [4.69, 9.17) is 15.6 Å². The van der Waals surface area contributed by atoms with Crippen molar-refractivity contribution in [2.75, 3.05) is 32.0 Å². The predicted octanol–water partition coefficient (Wildman–Crippen LogP) is 1.82. The van der Waals surface area contributed by atoms with E-state index in [1.54, 1.807) is 0 Å². The fourth-order valence-electron chi connectivity index (χ4n) is 1.76. The second kappa shape index (κ2) is 8.77. The molecular formula is C15H26N2O2. The Morgan fingerprint density at radius 1 is 1.32 bits per heavy atom. The number of benzene rings is 1. The molecule has 108 valence electrons. The van der Waals surface area contributed by atoms with E-state index in [-0.39, 0.29) is 6.61 Å². The molecule has 0 aromatic heterocycles. The number of hydrogen-bond acceptors (Lipinski definition) is 4. The van der Waals surface area contributed by atoms with Gasteiger partial charge in [0.1, 0.15) is 5.75 Å². The van der Waals surface area contributed by atoms with Gasteiger partial charge in [0, 0.05) is 6.54 Å². The van der Waals surface area contributed by atoms with Crippen LogP contribution >= 0.6 is 0 Å². The molecule has 0 aliphatic carbocycles. The monoisotopic (exact) mass is 266 g/mol. The molecule has 0 fully saturated rings. The van der Waals surface area contributed by atoms with Crippen LogP contribution in [0.25, 0.3) is 0 Å². The summed E-state index contributed by atoms with van der Waals surface area (Å²) in [5.41, 5.74) is 7.92. The number of anilines is 1. The molecule has 0 saturated heterocycles. The fourth-order valence-corrected chi connectivity index (χ4v) is 1.76. The highest BCUT2D eigenvalue weighted by atomic mass is 16.5. The van der Waals surface area contributed by atoms with Crippen LogP contribution in [-0.2, 0) is 6.42 Å². The average molecular weight is 266 g/mol. The molecule has 0 amide bonds. The molecule has 4 N–H and O–H groups in total. The Hall–Kier alpha value is -1.26. The summed E-state index contributed by atoms with van der Waals surface area (Å²) in [5.74, 6) is 1.27. The number of nitrogens with one attached hydrogen (secondary N) is 1. The van der Waals surface area contributed by atoms with E-state index < -0.39 is 0 Å². The first-order valence-electron chi connectivity index (χ1n) is 6.96. The molecule has 0 bridgehead atoms. The van der Waals surface area contributed by atoms with Gasteiger partial charge in [-0.15, -0.1) is 0 Å². The lowest BCUT2D eigenvalue weighted by atomic mass is 10.1. The van der Waals surface area contributed by atoms with Crippen molar-refractivity contribution in [1.29, 1.82) is 0 Å². The number of hydrogen-bond donors (Lipinski definition) is 3. The van der Waals surface area contributed by atoms with Gasteiger partial charge in [0.25, 0.3) is 0 Å². The predicted molar refractivity (Wildman–Crippen MR) is 79.5 cm³/mol. The Balaban J connectivity index is 2.38. The quantitative estimate of drug-likeness (QED) is 0.471. The number of ether oxygens (including phenoxy) is 1. The molecule has 0 saturated carbocycles. The van der Waals surface area contributed by atoms with Crippen molar-refractivity contribution in [3.63, 3.8) is 0 Å². The van der Waals surface area contributed by atoms with Crippen molar-refractivity contribution < 1.29 is 9.84 Å². The molecule has 1 rings (SSSR count). The van der Waals surface area contributed by atoms with Crippen molar-refractivity contribution in [3.05, 3.63) is 23.8 Å². The lowest BCUT2D eigenvalue weighted by molar-refractivity contribution is 0.272. The summed E-state index contributed by atoms with van der Waals surface area (Å²) in [6.07, 6.45) is 2.01. The zero-order valence-electron chi connectivity index (χ0n) is 12.0. The van der Waals surface area contributed by atoms with Crippen LogP contribution in [-0.4, -0.2) is 31.4 Å². The van der Waals surface area contributed by atoms with Crippen LogP contribution in [0.3, 0.4) is 0 Å². The molecule has 0 radical (unpaired) electrons. The third-order valence-electron chi connectivity index (χ3n) is 2.75. The minimum absolute atomic E-state index is 0.189. The smallest absolute Gasteiger partial charge is 0.142 e. The third kappa shape index (κ3) is 6.45. The van der Waals surface area contributed by atoms with E-state index in [1.807, 2.05) is 12.1 Å². The Labute approximate surface area is 116 Å². The third-order valence-corrected chi connectivity index (χ3v) is 2.75. The van der Waals surface area contributed by atoms with Gasteiger partial charge in [0.15, 0.2) is 0 Å². The highest BCUT2D eigenvalue weighted by Gasteiger charge is 2.03. The van der Waals surface area contributed by atoms with E-state index >= 15 is 0 Å². The van der Waals surface area contributed by atoms with E-state index in [9.17, 15) is 0 Å². The topological polar surface area (TPSA) is 67.5 Å².